The molecule has 0 bridgehead atoms. The molecule has 1 aliphatic rings. The quantitative estimate of drug-likeness (QED) is 0.831. The first-order valence-corrected chi connectivity index (χ1v) is 5.98. The molecule has 1 N–H and O–H groups in total. The molecule has 1 aromatic rings. The zero-order valence-electron chi connectivity index (χ0n) is 10.1. The molecule has 2 rings (SSSR count). The summed E-state index contributed by atoms with van der Waals surface area (Å²) < 4.78 is 0. The van der Waals surface area contributed by atoms with E-state index < -0.39 is 0 Å². The molecule has 88 valence electrons. The lowest BCUT2D eigenvalue weighted by atomic mass is 9.98. The van der Waals surface area contributed by atoms with Crippen molar-refractivity contribution in [2.75, 3.05) is 31.6 Å². The van der Waals surface area contributed by atoms with Crippen molar-refractivity contribution in [3.05, 3.63) is 18.1 Å². The number of rotatable bonds is 3. The van der Waals surface area contributed by atoms with E-state index in [1.165, 1.54) is 12.8 Å². The first-order chi connectivity index (χ1) is 7.79. The number of nitrogens with zero attached hydrogens (tertiary/aromatic N) is 3. The highest BCUT2D eigenvalue weighted by Gasteiger charge is 2.20. The van der Waals surface area contributed by atoms with Crippen LogP contribution in [0, 0.1) is 12.8 Å². The van der Waals surface area contributed by atoms with Crippen molar-refractivity contribution in [3.63, 3.8) is 0 Å². The molecule has 1 aromatic heterocycles. The first-order valence-electron chi connectivity index (χ1n) is 5.98. The lowest BCUT2D eigenvalue weighted by Crippen LogP contribution is -2.39. The second-order valence-electron chi connectivity index (χ2n) is 4.53. The van der Waals surface area contributed by atoms with Gasteiger partial charge in [0.05, 0.1) is 0 Å². The lowest BCUT2D eigenvalue weighted by Gasteiger charge is -2.33. The Balaban J connectivity index is 2.03. The van der Waals surface area contributed by atoms with Gasteiger partial charge in [0.15, 0.2) is 0 Å². The molecule has 1 saturated heterocycles. The summed E-state index contributed by atoms with van der Waals surface area (Å²) in [6.07, 6.45) is 4.24. The Labute approximate surface area is 97.1 Å². The zero-order chi connectivity index (χ0) is 11.4. The van der Waals surface area contributed by atoms with Gasteiger partial charge >= 0.3 is 0 Å². The average molecular weight is 220 g/mol. The molecule has 1 fully saturated rings. The monoisotopic (exact) mass is 220 g/mol. The second kappa shape index (κ2) is 5.25. The highest BCUT2D eigenvalue weighted by atomic mass is 15.2. The van der Waals surface area contributed by atoms with Crippen LogP contribution in [0.1, 0.15) is 18.5 Å². The van der Waals surface area contributed by atoms with Crippen LogP contribution in [0.5, 0.6) is 0 Å². The van der Waals surface area contributed by atoms with Gasteiger partial charge in [-0.3, -0.25) is 0 Å². The summed E-state index contributed by atoms with van der Waals surface area (Å²) in [4.78, 5) is 10.9. The number of anilines is 1. The van der Waals surface area contributed by atoms with Crippen LogP contribution in [-0.2, 0) is 0 Å². The van der Waals surface area contributed by atoms with Crippen molar-refractivity contribution in [1.82, 2.24) is 15.3 Å². The summed E-state index contributed by atoms with van der Waals surface area (Å²) in [6, 6.07) is 2.07. The second-order valence-corrected chi connectivity index (χ2v) is 4.53. The van der Waals surface area contributed by atoms with Gasteiger partial charge in [-0.05, 0) is 39.3 Å². The molecular weight excluding hydrogens is 200 g/mol. The minimum Gasteiger partial charge on any atom is -0.356 e. The van der Waals surface area contributed by atoms with Crippen molar-refractivity contribution in [3.8, 4) is 0 Å². The third-order valence-corrected chi connectivity index (χ3v) is 3.13. The molecule has 1 atom stereocenters. The van der Waals surface area contributed by atoms with E-state index in [1.54, 1.807) is 6.33 Å². The maximum atomic E-state index is 4.35. The molecule has 0 spiro atoms. The minimum atomic E-state index is 0.744. The number of hydrogen-bond donors (Lipinski definition) is 1. The molecule has 16 heavy (non-hydrogen) atoms. The van der Waals surface area contributed by atoms with Gasteiger partial charge in [0.25, 0.3) is 0 Å². The van der Waals surface area contributed by atoms with Crippen LogP contribution >= 0.6 is 0 Å². The van der Waals surface area contributed by atoms with Gasteiger partial charge in [0, 0.05) is 24.8 Å². The maximum Gasteiger partial charge on any atom is 0.132 e. The molecule has 0 saturated carbocycles. The molecule has 2 heterocycles. The molecule has 0 aliphatic carbocycles. The molecule has 4 nitrogen and oxygen atoms in total. The van der Waals surface area contributed by atoms with E-state index in [-0.39, 0.29) is 0 Å². The van der Waals surface area contributed by atoms with Crippen molar-refractivity contribution < 1.29 is 0 Å². The summed E-state index contributed by atoms with van der Waals surface area (Å²) in [5, 5.41) is 3.26. The van der Waals surface area contributed by atoms with Crippen LogP contribution in [0.15, 0.2) is 12.4 Å². The molecule has 0 amide bonds. The molecule has 4 heteroatoms. The van der Waals surface area contributed by atoms with Gasteiger partial charge in [-0.1, -0.05) is 0 Å². The highest BCUT2D eigenvalue weighted by Crippen LogP contribution is 2.20. The van der Waals surface area contributed by atoms with Gasteiger partial charge in [0.1, 0.15) is 12.1 Å². The van der Waals surface area contributed by atoms with E-state index in [0.717, 1.165) is 37.1 Å². The number of piperidine rings is 1. The number of aryl methyl sites for hydroxylation is 1. The van der Waals surface area contributed by atoms with E-state index in [4.69, 9.17) is 0 Å². The predicted octanol–water partition coefficient (Wildman–Crippen LogP) is 1.22. The standard InChI is InChI=1S/C12H20N4/c1-10-6-12(15-9-14-10)16-5-3-4-11(8-16)7-13-2/h6,9,11,13H,3-5,7-8H2,1-2H3. The predicted molar refractivity (Wildman–Crippen MR) is 65.6 cm³/mol. The van der Waals surface area contributed by atoms with E-state index in [1.807, 2.05) is 14.0 Å². The Morgan fingerprint density at radius 2 is 2.38 bits per heavy atom. The van der Waals surface area contributed by atoms with Crippen LogP contribution in [0.4, 0.5) is 5.82 Å². The van der Waals surface area contributed by atoms with E-state index in [9.17, 15) is 0 Å². The first kappa shape index (κ1) is 11.3. The van der Waals surface area contributed by atoms with Crippen molar-refractivity contribution >= 4 is 5.82 Å². The highest BCUT2D eigenvalue weighted by molar-refractivity contribution is 5.39. The lowest BCUT2D eigenvalue weighted by molar-refractivity contribution is 0.401. The molecular formula is C12H20N4. The Hall–Kier alpha value is -1.16. The van der Waals surface area contributed by atoms with Crippen LogP contribution in [0.3, 0.4) is 0 Å². The summed E-state index contributed by atoms with van der Waals surface area (Å²) in [5.74, 6) is 1.82. The number of nitrogens with one attached hydrogen (secondary N) is 1. The van der Waals surface area contributed by atoms with Gasteiger partial charge in [-0.2, -0.15) is 0 Å². The Morgan fingerprint density at radius 3 is 3.12 bits per heavy atom. The fourth-order valence-corrected chi connectivity index (χ4v) is 2.34. The van der Waals surface area contributed by atoms with Crippen molar-refractivity contribution in [1.29, 1.82) is 0 Å². The summed E-state index contributed by atoms with van der Waals surface area (Å²) >= 11 is 0. The number of hydrogen-bond acceptors (Lipinski definition) is 4. The van der Waals surface area contributed by atoms with Gasteiger partial charge in [0.2, 0.25) is 0 Å². The summed E-state index contributed by atoms with van der Waals surface area (Å²) in [5.41, 5.74) is 1.04. The van der Waals surface area contributed by atoms with E-state index in [0.29, 0.717) is 0 Å². The summed E-state index contributed by atoms with van der Waals surface area (Å²) in [7, 11) is 2.02. The largest absolute Gasteiger partial charge is 0.356 e. The molecule has 1 unspecified atom stereocenters. The van der Waals surface area contributed by atoms with Crippen LogP contribution in [0.25, 0.3) is 0 Å². The topological polar surface area (TPSA) is 41.0 Å². The van der Waals surface area contributed by atoms with Crippen molar-refractivity contribution in [2.24, 2.45) is 5.92 Å². The van der Waals surface area contributed by atoms with Crippen LogP contribution in [0.2, 0.25) is 0 Å². The fraction of sp³-hybridized carbons (Fsp3) is 0.667. The van der Waals surface area contributed by atoms with E-state index >= 15 is 0 Å². The Kier molecular flexibility index (Phi) is 3.72. The normalized spacial score (nSPS) is 21.1. The maximum absolute atomic E-state index is 4.35. The van der Waals surface area contributed by atoms with Crippen LogP contribution in [-0.4, -0.2) is 36.6 Å². The van der Waals surface area contributed by atoms with Gasteiger partial charge < -0.3 is 10.2 Å². The van der Waals surface area contributed by atoms with Gasteiger partial charge in [-0.25, -0.2) is 9.97 Å². The SMILES string of the molecule is CNCC1CCCN(c2cc(C)ncn2)C1. The third-order valence-electron chi connectivity index (χ3n) is 3.13. The zero-order valence-corrected chi connectivity index (χ0v) is 10.1. The average Bonchev–Trinajstić information content (AvgIpc) is 2.30. The van der Waals surface area contributed by atoms with Crippen LogP contribution < -0.4 is 10.2 Å². The molecule has 1 aliphatic heterocycles. The Bertz CT molecular complexity index is 338. The smallest absolute Gasteiger partial charge is 0.132 e. The molecule has 0 radical (unpaired) electrons. The molecule has 0 aromatic carbocycles. The minimum absolute atomic E-state index is 0.744. The number of aromatic nitrogens is 2. The third kappa shape index (κ3) is 2.70. The summed E-state index contributed by atoms with van der Waals surface area (Å²) in [6.45, 7) is 5.34. The fourth-order valence-electron chi connectivity index (χ4n) is 2.34. The van der Waals surface area contributed by atoms with Crippen molar-refractivity contribution in [2.45, 2.75) is 19.8 Å². The van der Waals surface area contributed by atoms with E-state index in [2.05, 4.69) is 26.3 Å². The van der Waals surface area contributed by atoms with Gasteiger partial charge in [-0.15, -0.1) is 0 Å². The Morgan fingerprint density at radius 1 is 1.50 bits per heavy atom.